The van der Waals surface area contributed by atoms with E-state index in [2.05, 4.69) is 25.7 Å². The first-order valence-electron chi connectivity index (χ1n) is 5.80. The standard InChI is InChI=1S/C11H26N2O2S/c1-5-13(10-11(2,3)9-12)7-6-8-16(4,14)15/h5-10,12H2,1-4H3. The molecule has 0 fully saturated rings. The summed E-state index contributed by atoms with van der Waals surface area (Å²) in [5, 5.41) is 0. The minimum absolute atomic E-state index is 0.0983. The Morgan fingerprint density at radius 2 is 1.88 bits per heavy atom. The van der Waals surface area contributed by atoms with Crippen LogP contribution in [0.3, 0.4) is 0 Å². The molecule has 0 radical (unpaired) electrons. The fourth-order valence-corrected chi connectivity index (χ4v) is 2.22. The maximum Gasteiger partial charge on any atom is 0.147 e. The van der Waals surface area contributed by atoms with Crippen molar-refractivity contribution in [1.82, 2.24) is 4.90 Å². The lowest BCUT2D eigenvalue weighted by Gasteiger charge is -2.30. The van der Waals surface area contributed by atoms with Crippen molar-refractivity contribution >= 4 is 9.84 Å². The zero-order chi connectivity index (χ0) is 12.8. The second-order valence-corrected chi connectivity index (χ2v) is 7.48. The number of nitrogens with two attached hydrogens (primary N) is 1. The van der Waals surface area contributed by atoms with E-state index in [4.69, 9.17) is 5.73 Å². The second kappa shape index (κ2) is 6.57. The van der Waals surface area contributed by atoms with Gasteiger partial charge in [0.2, 0.25) is 0 Å². The van der Waals surface area contributed by atoms with Crippen LogP contribution in [-0.2, 0) is 9.84 Å². The van der Waals surface area contributed by atoms with Gasteiger partial charge in [-0.1, -0.05) is 20.8 Å². The molecule has 0 aliphatic carbocycles. The minimum Gasteiger partial charge on any atom is -0.330 e. The van der Waals surface area contributed by atoms with E-state index in [-0.39, 0.29) is 11.2 Å². The zero-order valence-corrected chi connectivity index (χ0v) is 11.8. The van der Waals surface area contributed by atoms with Crippen LogP contribution >= 0.6 is 0 Å². The molecule has 0 saturated heterocycles. The van der Waals surface area contributed by atoms with Gasteiger partial charge in [-0.05, 0) is 31.5 Å². The van der Waals surface area contributed by atoms with Crippen molar-refractivity contribution in [2.45, 2.75) is 27.2 Å². The van der Waals surface area contributed by atoms with E-state index in [9.17, 15) is 8.42 Å². The number of nitrogens with zero attached hydrogens (tertiary/aromatic N) is 1. The third kappa shape index (κ3) is 8.07. The van der Waals surface area contributed by atoms with Gasteiger partial charge in [0.1, 0.15) is 9.84 Å². The van der Waals surface area contributed by atoms with E-state index in [0.29, 0.717) is 13.0 Å². The van der Waals surface area contributed by atoms with E-state index in [1.54, 1.807) is 0 Å². The third-order valence-corrected chi connectivity index (χ3v) is 3.67. The first-order valence-corrected chi connectivity index (χ1v) is 7.86. The number of sulfone groups is 1. The van der Waals surface area contributed by atoms with Crippen LogP contribution in [0.2, 0.25) is 0 Å². The van der Waals surface area contributed by atoms with Crippen LogP contribution < -0.4 is 5.73 Å². The van der Waals surface area contributed by atoms with Gasteiger partial charge in [0.25, 0.3) is 0 Å². The summed E-state index contributed by atoms with van der Waals surface area (Å²) in [5.41, 5.74) is 5.78. The molecule has 0 spiro atoms. The number of hydrogen-bond donors (Lipinski definition) is 1. The maximum absolute atomic E-state index is 11.0. The summed E-state index contributed by atoms with van der Waals surface area (Å²) in [6, 6.07) is 0. The van der Waals surface area contributed by atoms with Crippen molar-refractivity contribution in [3.8, 4) is 0 Å². The summed E-state index contributed by atoms with van der Waals surface area (Å²) in [7, 11) is -2.83. The Bertz CT molecular complexity index is 286. The molecule has 2 N–H and O–H groups in total. The van der Waals surface area contributed by atoms with Gasteiger partial charge in [0.05, 0.1) is 5.75 Å². The molecule has 0 heterocycles. The topological polar surface area (TPSA) is 63.4 Å². The lowest BCUT2D eigenvalue weighted by atomic mass is 9.93. The largest absolute Gasteiger partial charge is 0.330 e. The molecule has 0 aliphatic heterocycles. The highest BCUT2D eigenvalue weighted by Gasteiger charge is 2.19. The summed E-state index contributed by atoms with van der Waals surface area (Å²) in [6.45, 7) is 9.69. The average Bonchev–Trinajstić information content (AvgIpc) is 2.14. The van der Waals surface area contributed by atoms with Crippen molar-refractivity contribution < 1.29 is 8.42 Å². The molecule has 4 nitrogen and oxygen atoms in total. The van der Waals surface area contributed by atoms with Crippen molar-refractivity contribution in [1.29, 1.82) is 0 Å². The Morgan fingerprint density at radius 1 is 1.31 bits per heavy atom. The van der Waals surface area contributed by atoms with Gasteiger partial charge in [-0.3, -0.25) is 0 Å². The summed E-state index contributed by atoms with van der Waals surface area (Å²) in [5.74, 6) is 0.270. The lowest BCUT2D eigenvalue weighted by molar-refractivity contribution is 0.191. The van der Waals surface area contributed by atoms with Crippen LogP contribution in [-0.4, -0.2) is 51.5 Å². The highest BCUT2D eigenvalue weighted by atomic mass is 32.2. The molecule has 0 aliphatic rings. The highest BCUT2D eigenvalue weighted by Crippen LogP contribution is 2.14. The first-order chi connectivity index (χ1) is 7.20. The van der Waals surface area contributed by atoms with E-state index >= 15 is 0 Å². The highest BCUT2D eigenvalue weighted by molar-refractivity contribution is 7.90. The summed E-state index contributed by atoms with van der Waals surface area (Å²) < 4.78 is 22.0. The van der Waals surface area contributed by atoms with Gasteiger partial charge in [-0.15, -0.1) is 0 Å². The molecular formula is C11H26N2O2S. The Kier molecular flexibility index (Phi) is 6.51. The molecular weight excluding hydrogens is 224 g/mol. The molecule has 0 amide bonds. The van der Waals surface area contributed by atoms with Crippen molar-refractivity contribution in [3.63, 3.8) is 0 Å². The van der Waals surface area contributed by atoms with Crippen molar-refractivity contribution in [2.24, 2.45) is 11.1 Å². The quantitative estimate of drug-likeness (QED) is 0.690. The van der Waals surface area contributed by atoms with E-state index in [0.717, 1.165) is 19.6 Å². The minimum atomic E-state index is -2.83. The van der Waals surface area contributed by atoms with Gasteiger partial charge in [-0.2, -0.15) is 0 Å². The molecule has 0 unspecified atom stereocenters. The zero-order valence-electron chi connectivity index (χ0n) is 11.0. The van der Waals surface area contributed by atoms with Gasteiger partial charge in [-0.25, -0.2) is 8.42 Å². The number of rotatable bonds is 8. The smallest absolute Gasteiger partial charge is 0.147 e. The third-order valence-electron chi connectivity index (χ3n) is 2.64. The lowest BCUT2D eigenvalue weighted by Crippen LogP contribution is -2.39. The Hall–Kier alpha value is -0.130. The van der Waals surface area contributed by atoms with E-state index in [1.807, 2.05) is 0 Å². The van der Waals surface area contributed by atoms with E-state index in [1.165, 1.54) is 6.26 Å². The average molecular weight is 250 g/mol. The Labute approximate surface area is 100 Å². The molecule has 16 heavy (non-hydrogen) atoms. The van der Waals surface area contributed by atoms with Crippen LogP contribution in [0.5, 0.6) is 0 Å². The van der Waals surface area contributed by atoms with E-state index < -0.39 is 9.84 Å². The fourth-order valence-electron chi connectivity index (χ4n) is 1.57. The molecule has 0 saturated carbocycles. The first kappa shape index (κ1) is 15.9. The summed E-state index contributed by atoms with van der Waals surface area (Å²) in [6.07, 6.45) is 1.99. The normalized spacial score (nSPS) is 13.4. The van der Waals surface area contributed by atoms with Crippen LogP contribution in [0.25, 0.3) is 0 Å². The van der Waals surface area contributed by atoms with Crippen molar-refractivity contribution in [3.05, 3.63) is 0 Å². The van der Waals surface area contributed by atoms with Crippen LogP contribution in [0.15, 0.2) is 0 Å². The predicted octanol–water partition coefficient (Wildman–Crippen LogP) is 0.728. The molecule has 0 aromatic rings. The molecule has 0 rings (SSSR count). The monoisotopic (exact) mass is 250 g/mol. The Balaban J connectivity index is 4.03. The second-order valence-electron chi connectivity index (χ2n) is 5.22. The molecule has 5 heteroatoms. The predicted molar refractivity (Wildman–Crippen MR) is 69.3 cm³/mol. The van der Waals surface area contributed by atoms with Crippen LogP contribution in [0.1, 0.15) is 27.2 Å². The van der Waals surface area contributed by atoms with Crippen LogP contribution in [0, 0.1) is 5.41 Å². The Morgan fingerprint density at radius 3 is 2.25 bits per heavy atom. The fraction of sp³-hybridized carbons (Fsp3) is 1.00. The molecule has 0 atom stereocenters. The summed E-state index contributed by atoms with van der Waals surface area (Å²) >= 11 is 0. The SMILES string of the molecule is CCN(CCCS(C)(=O)=O)CC(C)(C)CN. The molecule has 0 aromatic carbocycles. The maximum atomic E-state index is 11.0. The molecule has 0 aromatic heterocycles. The van der Waals surface area contributed by atoms with Gasteiger partial charge in [0, 0.05) is 12.8 Å². The number of hydrogen-bond acceptors (Lipinski definition) is 4. The van der Waals surface area contributed by atoms with Crippen molar-refractivity contribution in [2.75, 3.05) is 38.2 Å². The van der Waals surface area contributed by atoms with Gasteiger partial charge in [0.15, 0.2) is 0 Å². The molecule has 98 valence electrons. The van der Waals surface area contributed by atoms with Crippen LogP contribution in [0.4, 0.5) is 0 Å². The summed E-state index contributed by atoms with van der Waals surface area (Å²) in [4.78, 5) is 2.26. The molecule has 0 bridgehead atoms. The van der Waals surface area contributed by atoms with Gasteiger partial charge < -0.3 is 10.6 Å². The van der Waals surface area contributed by atoms with Gasteiger partial charge >= 0.3 is 0 Å².